The molecule has 1 aromatic heterocycles. The van der Waals surface area contributed by atoms with E-state index in [0.29, 0.717) is 16.5 Å². The first-order valence-corrected chi connectivity index (χ1v) is 10.3. The van der Waals surface area contributed by atoms with Gasteiger partial charge in [0.25, 0.3) is 5.91 Å². The van der Waals surface area contributed by atoms with Gasteiger partial charge in [0, 0.05) is 23.1 Å². The monoisotopic (exact) mass is 387 g/mol. The van der Waals surface area contributed by atoms with Crippen molar-refractivity contribution in [3.05, 3.63) is 40.5 Å². The molecule has 1 atom stereocenters. The number of amides is 1. The van der Waals surface area contributed by atoms with Gasteiger partial charge in [0.1, 0.15) is 6.23 Å². The second-order valence-electron chi connectivity index (χ2n) is 7.85. The summed E-state index contributed by atoms with van der Waals surface area (Å²) in [7, 11) is 0. The number of carbonyl (C=O) groups excluding carboxylic acids is 1. The number of rotatable bonds is 5. The highest BCUT2D eigenvalue weighted by Gasteiger charge is 2.26. The summed E-state index contributed by atoms with van der Waals surface area (Å²) in [6.45, 7) is 0. The lowest BCUT2D eigenvalue weighted by atomic mass is 9.98. The summed E-state index contributed by atoms with van der Waals surface area (Å²) in [5.74, 6) is 0.374. The number of aliphatic hydroxyl groups excluding tert-OH is 1. The Balaban J connectivity index is 1.48. The molecule has 3 N–H and O–H groups in total. The maximum Gasteiger partial charge on any atom is 0.254 e. The third-order valence-electron chi connectivity index (χ3n) is 5.75. The van der Waals surface area contributed by atoms with Crippen molar-refractivity contribution < 1.29 is 9.90 Å². The van der Waals surface area contributed by atoms with Gasteiger partial charge < -0.3 is 10.4 Å². The molecule has 1 aromatic carbocycles. The van der Waals surface area contributed by atoms with Crippen LogP contribution in [0.3, 0.4) is 0 Å². The smallest absolute Gasteiger partial charge is 0.254 e. The predicted molar refractivity (Wildman–Crippen MR) is 106 cm³/mol. The molecule has 5 nitrogen and oxygen atoms in total. The van der Waals surface area contributed by atoms with Gasteiger partial charge in [-0.15, -0.1) is 0 Å². The summed E-state index contributed by atoms with van der Waals surface area (Å²) >= 11 is 6.27. The summed E-state index contributed by atoms with van der Waals surface area (Å²) < 4.78 is 0. The highest BCUT2D eigenvalue weighted by atomic mass is 35.5. The fraction of sp³-hybridized carbons (Fsp3) is 0.524. The molecule has 2 aliphatic carbocycles. The fourth-order valence-corrected chi connectivity index (χ4v) is 4.11. The topological polar surface area (TPSA) is 78.0 Å². The van der Waals surface area contributed by atoms with E-state index in [1.807, 2.05) is 12.1 Å². The highest BCUT2D eigenvalue weighted by molar-refractivity contribution is 6.34. The van der Waals surface area contributed by atoms with Gasteiger partial charge in [-0.2, -0.15) is 5.10 Å². The van der Waals surface area contributed by atoms with Gasteiger partial charge in [0.2, 0.25) is 0 Å². The molecule has 6 heteroatoms. The molecule has 0 saturated heterocycles. The maximum absolute atomic E-state index is 12.7. The molecule has 144 valence electrons. The van der Waals surface area contributed by atoms with E-state index >= 15 is 0 Å². The van der Waals surface area contributed by atoms with Crippen LogP contribution in [0.25, 0.3) is 11.3 Å². The quantitative estimate of drug-likeness (QED) is 0.517. The zero-order chi connectivity index (χ0) is 18.8. The zero-order valence-corrected chi connectivity index (χ0v) is 16.1. The van der Waals surface area contributed by atoms with E-state index in [9.17, 15) is 9.90 Å². The number of benzene rings is 1. The van der Waals surface area contributed by atoms with Crippen molar-refractivity contribution in [1.29, 1.82) is 0 Å². The Morgan fingerprint density at radius 1 is 1.15 bits per heavy atom. The molecule has 2 aliphatic rings. The van der Waals surface area contributed by atoms with Crippen molar-refractivity contribution in [3.63, 3.8) is 0 Å². The molecule has 0 spiro atoms. The maximum atomic E-state index is 12.7. The Morgan fingerprint density at radius 3 is 2.59 bits per heavy atom. The van der Waals surface area contributed by atoms with E-state index in [2.05, 4.69) is 15.5 Å². The first kappa shape index (κ1) is 18.5. The van der Waals surface area contributed by atoms with Crippen LogP contribution in [-0.4, -0.2) is 27.4 Å². The van der Waals surface area contributed by atoms with Crippen molar-refractivity contribution >= 4 is 17.5 Å². The van der Waals surface area contributed by atoms with E-state index in [0.717, 1.165) is 42.6 Å². The average Bonchev–Trinajstić information content (AvgIpc) is 3.45. The molecule has 2 saturated carbocycles. The molecule has 1 unspecified atom stereocenters. The largest absolute Gasteiger partial charge is 0.373 e. The molecule has 2 fully saturated rings. The number of aromatic nitrogens is 2. The minimum Gasteiger partial charge on any atom is -0.373 e. The molecule has 1 heterocycles. The van der Waals surface area contributed by atoms with Gasteiger partial charge in [0.05, 0.1) is 16.3 Å². The van der Waals surface area contributed by atoms with Crippen molar-refractivity contribution in [3.8, 4) is 11.3 Å². The first-order valence-electron chi connectivity index (χ1n) is 9.96. The number of halogens is 1. The van der Waals surface area contributed by atoms with Crippen LogP contribution in [0.2, 0.25) is 5.02 Å². The van der Waals surface area contributed by atoms with E-state index in [-0.39, 0.29) is 11.8 Å². The molecule has 0 radical (unpaired) electrons. The Hall–Kier alpha value is -1.85. The standard InChI is InChI=1S/C21H26ClN3O2/c22-17-10-9-15(19-12-18(24-25-19)13-7-8-13)11-16(17)21(27)23-20(26)14-5-3-1-2-4-6-14/h9-14,20,26H,1-8H2,(H,23,27)(H,24,25). The van der Waals surface area contributed by atoms with Crippen LogP contribution in [0, 0.1) is 5.92 Å². The average molecular weight is 388 g/mol. The summed E-state index contributed by atoms with van der Waals surface area (Å²) in [6.07, 6.45) is 8.10. The van der Waals surface area contributed by atoms with Gasteiger partial charge in [-0.1, -0.05) is 43.4 Å². The van der Waals surface area contributed by atoms with Gasteiger partial charge in [-0.05, 0) is 43.9 Å². The number of carbonyl (C=O) groups is 1. The van der Waals surface area contributed by atoms with Crippen LogP contribution in [0.1, 0.15) is 73.3 Å². The van der Waals surface area contributed by atoms with Crippen molar-refractivity contribution in [2.75, 3.05) is 0 Å². The van der Waals surface area contributed by atoms with Crippen molar-refractivity contribution in [2.24, 2.45) is 5.92 Å². The molecule has 0 bridgehead atoms. The van der Waals surface area contributed by atoms with Crippen LogP contribution in [-0.2, 0) is 0 Å². The minimum atomic E-state index is -0.831. The van der Waals surface area contributed by atoms with E-state index in [4.69, 9.17) is 11.6 Å². The van der Waals surface area contributed by atoms with Crippen LogP contribution in [0.4, 0.5) is 0 Å². The first-order chi connectivity index (χ1) is 13.1. The lowest BCUT2D eigenvalue weighted by Gasteiger charge is -2.22. The summed E-state index contributed by atoms with van der Waals surface area (Å²) in [5.41, 5.74) is 3.18. The normalized spacial score (nSPS) is 19.5. The Labute approximate surface area is 164 Å². The number of hydrogen-bond donors (Lipinski definition) is 3. The molecule has 4 rings (SSSR count). The zero-order valence-electron chi connectivity index (χ0n) is 15.4. The van der Waals surface area contributed by atoms with E-state index in [1.54, 1.807) is 12.1 Å². The van der Waals surface area contributed by atoms with Crippen molar-refractivity contribution in [2.45, 2.75) is 63.5 Å². The van der Waals surface area contributed by atoms with Gasteiger partial charge >= 0.3 is 0 Å². The summed E-state index contributed by atoms with van der Waals surface area (Å²) in [6, 6.07) is 7.39. The summed E-state index contributed by atoms with van der Waals surface area (Å²) in [5, 5.41) is 21.1. The molecule has 1 amide bonds. The number of hydrogen-bond acceptors (Lipinski definition) is 3. The lowest BCUT2D eigenvalue weighted by molar-refractivity contribution is 0.0532. The van der Waals surface area contributed by atoms with Crippen LogP contribution >= 0.6 is 11.6 Å². The predicted octanol–water partition coefficient (Wildman–Crippen LogP) is 4.63. The molecular weight excluding hydrogens is 362 g/mol. The van der Waals surface area contributed by atoms with Gasteiger partial charge in [-0.3, -0.25) is 9.89 Å². The SMILES string of the molecule is O=C(NC(O)C1CCCCCC1)c1cc(-c2cc(C3CC3)[nH]n2)ccc1Cl. The van der Waals surface area contributed by atoms with Crippen molar-refractivity contribution in [1.82, 2.24) is 15.5 Å². The third kappa shape index (κ3) is 4.36. The fourth-order valence-electron chi connectivity index (χ4n) is 3.90. The molecule has 0 aliphatic heterocycles. The van der Waals surface area contributed by atoms with Crippen LogP contribution < -0.4 is 5.32 Å². The number of nitrogens with zero attached hydrogens (tertiary/aromatic N) is 1. The Kier molecular flexibility index (Phi) is 5.50. The lowest BCUT2D eigenvalue weighted by Crippen LogP contribution is -2.40. The molecule has 2 aromatic rings. The highest BCUT2D eigenvalue weighted by Crippen LogP contribution is 2.40. The summed E-state index contributed by atoms with van der Waals surface area (Å²) in [4.78, 5) is 12.7. The second kappa shape index (κ2) is 8.03. The Morgan fingerprint density at radius 2 is 1.89 bits per heavy atom. The second-order valence-corrected chi connectivity index (χ2v) is 8.25. The molecule has 27 heavy (non-hydrogen) atoms. The number of aromatic amines is 1. The number of aliphatic hydroxyl groups is 1. The Bertz CT molecular complexity index is 808. The van der Waals surface area contributed by atoms with Gasteiger partial charge in [0.15, 0.2) is 0 Å². The number of nitrogens with one attached hydrogen (secondary N) is 2. The number of H-pyrrole nitrogens is 1. The third-order valence-corrected chi connectivity index (χ3v) is 6.08. The van der Waals surface area contributed by atoms with Crippen LogP contribution in [0.15, 0.2) is 24.3 Å². The van der Waals surface area contributed by atoms with Gasteiger partial charge in [-0.25, -0.2) is 0 Å². The van der Waals surface area contributed by atoms with Crippen LogP contribution in [0.5, 0.6) is 0 Å². The van der Waals surface area contributed by atoms with E-state index < -0.39 is 6.23 Å². The minimum absolute atomic E-state index is 0.117. The molecular formula is C21H26ClN3O2. The van der Waals surface area contributed by atoms with E-state index in [1.165, 1.54) is 25.7 Å².